The smallest absolute Gasteiger partial charge is 0.230 e. The Morgan fingerprint density at radius 1 is 0.810 bits per heavy atom. The molecule has 0 aromatic heterocycles. The van der Waals surface area contributed by atoms with Gasteiger partial charge in [0.15, 0.2) is 0 Å². The van der Waals surface area contributed by atoms with Crippen LogP contribution in [0.3, 0.4) is 0 Å². The van der Waals surface area contributed by atoms with Crippen molar-refractivity contribution in [2.75, 3.05) is 4.90 Å². The van der Waals surface area contributed by atoms with Gasteiger partial charge in [-0.15, -0.1) is 0 Å². The van der Waals surface area contributed by atoms with Crippen molar-refractivity contribution in [2.45, 2.75) is 70.3 Å². The van der Waals surface area contributed by atoms with Crippen LogP contribution in [0.25, 0.3) is 0 Å². The minimum Gasteiger partial charge on any atom is -0.309 e. The maximum Gasteiger partial charge on any atom is 0.230 e. The number of hydrogen-bond donors (Lipinski definition) is 0. The number of carbonyl (C=O) groups is 1. The van der Waals surface area contributed by atoms with Gasteiger partial charge in [0.1, 0.15) is 0 Å². The lowest BCUT2D eigenvalue weighted by molar-refractivity contribution is -0.124. The van der Waals surface area contributed by atoms with Crippen molar-refractivity contribution < 1.29 is 4.79 Å². The monoisotopic (exact) mass is 285 g/mol. The van der Waals surface area contributed by atoms with Crippen LogP contribution < -0.4 is 4.90 Å². The molecule has 0 atom stereocenters. The summed E-state index contributed by atoms with van der Waals surface area (Å²) in [5.41, 5.74) is 1.11. The normalized spacial score (nSPS) is 21.1. The average molecular weight is 285 g/mol. The van der Waals surface area contributed by atoms with E-state index in [2.05, 4.69) is 29.2 Å². The Balaban J connectivity index is 1.82. The second-order valence-corrected chi connectivity index (χ2v) is 6.67. The van der Waals surface area contributed by atoms with Crippen molar-refractivity contribution >= 4 is 11.6 Å². The molecule has 21 heavy (non-hydrogen) atoms. The zero-order valence-electron chi connectivity index (χ0n) is 13.0. The third-order valence-corrected chi connectivity index (χ3v) is 5.17. The van der Waals surface area contributed by atoms with Gasteiger partial charge in [0.25, 0.3) is 0 Å². The van der Waals surface area contributed by atoms with E-state index in [4.69, 9.17) is 0 Å². The quantitative estimate of drug-likeness (QED) is 0.771. The molecule has 1 aromatic carbocycles. The van der Waals surface area contributed by atoms with Gasteiger partial charge < -0.3 is 4.90 Å². The number of amides is 1. The van der Waals surface area contributed by atoms with Gasteiger partial charge >= 0.3 is 0 Å². The first-order valence-corrected chi connectivity index (χ1v) is 8.74. The SMILES string of the molecule is O=C(C1CCCCC1)N(c1ccccc1)C1CCCCC1. The van der Waals surface area contributed by atoms with E-state index in [1.54, 1.807) is 0 Å². The minimum absolute atomic E-state index is 0.265. The molecule has 0 saturated heterocycles. The van der Waals surface area contributed by atoms with E-state index >= 15 is 0 Å². The minimum atomic E-state index is 0.265. The molecule has 1 amide bonds. The van der Waals surface area contributed by atoms with Crippen molar-refractivity contribution in [1.29, 1.82) is 0 Å². The van der Waals surface area contributed by atoms with Crippen molar-refractivity contribution in [1.82, 2.24) is 0 Å². The predicted molar refractivity (Wildman–Crippen MR) is 87.4 cm³/mol. The van der Waals surface area contributed by atoms with Gasteiger partial charge in [0.2, 0.25) is 5.91 Å². The van der Waals surface area contributed by atoms with Crippen LogP contribution in [0.1, 0.15) is 64.2 Å². The van der Waals surface area contributed by atoms with Crippen LogP contribution in [0.2, 0.25) is 0 Å². The molecule has 2 nitrogen and oxygen atoms in total. The number of rotatable bonds is 3. The molecule has 0 unspecified atom stereocenters. The molecule has 1 aromatic rings. The van der Waals surface area contributed by atoms with Gasteiger partial charge in [-0.25, -0.2) is 0 Å². The summed E-state index contributed by atoms with van der Waals surface area (Å²) in [5.74, 6) is 0.661. The molecule has 0 spiro atoms. The number of nitrogens with zero attached hydrogens (tertiary/aromatic N) is 1. The Hall–Kier alpha value is -1.31. The Morgan fingerprint density at radius 3 is 2.00 bits per heavy atom. The van der Waals surface area contributed by atoms with E-state index in [1.165, 1.54) is 51.4 Å². The molecule has 0 heterocycles. The molecule has 2 aliphatic carbocycles. The molecule has 2 heteroatoms. The van der Waals surface area contributed by atoms with Crippen LogP contribution in [0.15, 0.2) is 30.3 Å². The summed E-state index contributed by atoms with van der Waals surface area (Å²) >= 11 is 0. The first kappa shape index (κ1) is 14.6. The molecule has 2 saturated carbocycles. The highest BCUT2D eigenvalue weighted by Crippen LogP contribution is 2.32. The fourth-order valence-corrected chi connectivity index (χ4v) is 3.99. The summed E-state index contributed by atoms with van der Waals surface area (Å²) < 4.78 is 0. The third-order valence-electron chi connectivity index (χ3n) is 5.17. The molecule has 0 bridgehead atoms. The van der Waals surface area contributed by atoms with Crippen molar-refractivity contribution in [3.8, 4) is 0 Å². The molecular weight excluding hydrogens is 258 g/mol. The van der Waals surface area contributed by atoms with Crippen LogP contribution in [0.4, 0.5) is 5.69 Å². The lowest BCUT2D eigenvalue weighted by Gasteiger charge is -2.37. The molecule has 0 radical (unpaired) electrons. The summed E-state index contributed by atoms with van der Waals surface area (Å²) in [4.78, 5) is 15.3. The lowest BCUT2D eigenvalue weighted by atomic mass is 9.86. The van der Waals surface area contributed by atoms with E-state index < -0.39 is 0 Å². The third kappa shape index (κ3) is 3.48. The molecular formula is C19H27NO. The maximum atomic E-state index is 13.1. The van der Waals surface area contributed by atoms with E-state index in [0.717, 1.165) is 18.5 Å². The van der Waals surface area contributed by atoms with E-state index in [1.807, 2.05) is 6.07 Å². The van der Waals surface area contributed by atoms with Crippen LogP contribution in [-0.4, -0.2) is 11.9 Å². The summed E-state index contributed by atoms with van der Waals surface area (Å²) in [7, 11) is 0. The van der Waals surface area contributed by atoms with Gasteiger partial charge in [-0.1, -0.05) is 56.7 Å². The molecule has 114 valence electrons. The van der Waals surface area contributed by atoms with Gasteiger partial charge in [0.05, 0.1) is 0 Å². The number of benzene rings is 1. The first-order chi connectivity index (χ1) is 10.4. The molecule has 0 N–H and O–H groups in total. The van der Waals surface area contributed by atoms with E-state index in [-0.39, 0.29) is 5.92 Å². The van der Waals surface area contributed by atoms with E-state index in [0.29, 0.717) is 11.9 Å². The zero-order valence-corrected chi connectivity index (χ0v) is 13.0. The maximum absolute atomic E-state index is 13.1. The van der Waals surface area contributed by atoms with Crippen LogP contribution in [-0.2, 0) is 4.79 Å². The summed E-state index contributed by atoms with van der Waals surface area (Å²) in [5, 5.41) is 0. The summed E-state index contributed by atoms with van der Waals surface area (Å²) in [6, 6.07) is 10.8. The summed E-state index contributed by atoms with van der Waals surface area (Å²) in [6.07, 6.45) is 12.2. The van der Waals surface area contributed by atoms with Crippen LogP contribution in [0.5, 0.6) is 0 Å². The largest absolute Gasteiger partial charge is 0.309 e. The highest BCUT2D eigenvalue weighted by atomic mass is 16.2. The van der Waals surface area contributed by atoms with Gasteiger partial charge in [-0.2, -0.15) is 0 Å². The van der Waals surface area contributed by atoms with E-state index in [9.17, 15) is 4.79 Å². The fourth-order valence-electron chi connectivity index (χ4n) is 3.99. The Bertz CT molecular complexity index is 444. The Kier molecular flexibility index (Phi) is 4.95. The summed E-state index contributed by atoms with van der Waals surface area (Å²) in [6.45, 7) is 0. The Morgan fingerprint density at radius 2 is 1.38 bits per heavy atom. The van der Waals surface area contributed by atoms with Crippen LogP contribution >= 0.6 is 0 Å². The highest BCUT2D eigenvalue weighted by Gasteiger charge is 2.32. The van der Waals surface area contributed by atoms with Gasteiger partial charge in [0, 0.05) is 17.6 Å². The van der Waals surface area contributed by atoms with Crippen LogP contribution in [0, 0.1) is 5.92 Å². The fraction of sp³-hybridized carbons (Fsp3) is 0.632. The van der Waals surface area contributed by atoms with Gasteiger partial charge in [-0.3, -0.25) is 4.79 Å². The second-order valence-electron chi connectivity index (χ2n) is 6.67. The van der Waals surface area contributed by atoms with Crippen molar-refractivity contribution in [2.24, 2.45) is 5.92 Å². The average Bonchev–Trinajstić information content (AvgIpc) is 2.58. The number of para-hydroxylation sites is 1. The molecule has 2 aliphatic rings. The van der Waals surface area contributed by atoms with Gasteiger partial charge in [-0.05, 0) is 37.8 Å². The zero-order chi connectivity index (χ0) is 14.5. The molecule has 2 fully saturated rings. The molecule has 3 rings (SSSR count). The predicted octanol–water partition coefficient (Wildman–Crippen LogP) is 4.93. The Labute approximate surface area is 128 Å². The topological polar surface area (TPSA) is 20.3 Å². The first-order valence-electron chi connectivity index (χ1n) is 8.74. The van der Waals surface area contributed by atoms with Crippen molar-refractivity contribution in [3.63, 3.8) is 0 Å². The number of hydrogen-bond acceptors (Lipinski definition) is 1. The number of carbonyl (C=O) groups excluding carboxylic acids is 1. The second kappa shape index (κ2) is 7.11. The number of anilines is 1. The standard InChI is InChI=1S/C19H27NO/c21-19(16-10-4-1-5-11-16)20(17-12-6-2-7-13-17)18-14-8-3-9-15-18/h2,6-7,12-13,16,18H,1,3-5,8-11,14-15H2. The highest BCUT2D eigenvalue weighted by molar-refractivity contribution is 5.95. The molecule has 0 aliphatic heterocycles. The van der Waals surface area contributed by atoms with Crippen molar-refractivity contribution in [3.05, 3.63) is 30.3 Å². The lowest BCUT2D eigenvalue weighted by Crippen LogP contribution is -2.45.